The highest BCUT2D eigenvalue weighted by molar-refractivity contribution is 5.91. The van der Waals surface area contributed by atoms with E-state index in [0.29, 0.717) is 5.75 Å². The van der Waals surface area contributed by atoms with Crippen LogP contribution in [0.2, 0.25) is 0 Å². The largest absolute Gasteiger partial charge is 0.455 e. The Labute approximate surface area is 177 Å². The van der Waals surface area contributed by atoms with Gasteiger partial charge in [-0.15, -0.1) is 0 Å². The normalized spacial score (nSPS) is 10.8. The van der Waals surface area contributed by atoms with E-state index in [1.54, 1.807) is 12.1 Å². The molecule has 2 aromatic heterocycles. The van der Waals surface area contributed by atoms with E-state index < -0.39 is 40.1 Å². The molecule has 0 aliphatic heterocycles. The zero-order valence-corrected chi connectivity index (χ0v) is 16.3. The minimum absolute atomic E-state index is 0.0171. The van der Waals surface area contributed by atoms with Crippen LogP contribution in [0.5, 0.6) is 11.5 Å². The van der Waals surface area contributed by atoms with Crippen molar-refractivity contribution in [2.45, 2.75) is 19.9 Å². The number of nitrogens with one attached hydrogen (secondary N) is 1. The van der Waals surface area contributed by atoms with Crippen molar-refractivity contribution in [3.63, 3.8) is 0 Å². The number of benzene rings is 1. The highest BCUT2D eigenvalue weighted by Crippen LogP contribution is 2.31. The maximum absolute atomic E-state index is 13.0. The van der Waals surface area contributed by atoms with Gasteiger partial charge in [0.25, 0.3) is 12.1 Å². The minimum atomic E-state index is -3.21. The molecule has 0 fully saturated rings. The first-order valence-corrected chi connectivity index (χ1v) is 8.82. The average Bonchev–Trinajstić information content (AvgIpc) is 3.05. The zero-order chi connectivity index (χ0) is 23.4. The van der Waals surface area contributed by atoms with E-state index in [9.17, 15) is 33.8 Å². The number of carbonyl (C=O) groups is 1. The molecule has 0 aliphatic rings. The second-order valence-electron chi connectivity index (χ2n) is 6.35. The molecule has 0 unspecified atom stereocenters. The maximum atomic E-state index is 13.0. The summed E-state index contributed by atoms with van der Waals surface area (Å²) < 4.78 is 32.4. The van der Waals surface area contributed by atoms with Gasteiger partial charge in [-0.25, -0.2) is 8.78 Å². The molecule has 0 saturated heterocycles. The Balaban J connectivity index is 1.84. The van der Waals surface area contributed by atoms with Gasteiger partial charge in [-0.3, -0.25) is 34.7 Å². The molecule has 0 radical (unpaired) electrons. The third-order valence-electron chi connectivity index (χ3n) is 4.14. The van der Waals surface area contributed by atoms with Crippen LogP contribution in [-0.2, 0) is 11.3 Å². The number of halogens is 2. The van der Waals surface area contributed by atoms with Crippen LogP contribution < -0.4 is 10.1 Å². The van der Waals surface area contributed by atoms with Crippen LogP contribution in [0.1, 0.15) is 17.8 Å². The molecule has 0 bridgehead atoms. The predicted molar refractivity (Wildman–Crippen MR) is 105 cm³/mol. The number of pyridine rings is 1. The second-order valence-corrected chi connectivity index (χ2v) is 6.35. The van der Waals surface area contributed by atoms with E-state index in [4.69, 9.17) is 4.74 Å². The van der Waals surface area contributed by atoms with Crippen molar-refractivity contribution < 1.29 is 28.2 Å². The summed E-state index contributed by atoms with van der Waals surface area (Å²) in [6.07, 6.45) is -0.319. The molecule has 0 saturated carbocycles. The number of rotatable bonds is 8. The number of nitro groups is 2. The van der Waals surface area contributed by atoms with Crippen LogP contribution in [0, 0.1) is 27.2 Å². The topological polar surface area (TPSA) is 155 Å². The lowest BCUT2D eigenvalue weighted by Crippen LogP contribution is -2.20. The third kappa shape index (κ3) is 4.97. The summed E-state index contributed by atoms with van der Waals surface area (Å²) in [5.41, 5.74) is -2.57. The SMILES string of the molecule is Cc1c([N+](=O)[O-])c(C(F)F)nn1CC(=O)Nc1cc(Oc2cccnc2)cc([N+](=O)[O-])c1. The van der Waals surface area contributed by atoms with Crippen LogP contribution in [0.15, 0.2) is 42.7 Å². The number of alkyl halides is 2. The molecule has 166 valence electrons. The van der Waals surface area contributed by atoms with E-state index in [2.05, 4.69) is 15.4 Å². The number of hydrogen-bond donors (Lipinski definition) is 1. The molecule has 3 aromatic rings. The number of nitro benzene ring substituents is 1. The lowest BCUT2D eigenvalue weighted by molar-refractivity contribution is -0.386. The monoisotopic (exact) mass is 448 g/mol. The number of nitrogens with zero attached hydrogens (tertiary/aromatic N) is 5. The van der Waals surface area contributed by atoms with Gasteiger partial charge in [-0.2, -0.15) is 5.10 Å². The molecule has 0 aliphatic carbocycles. The number of anilines is 1. The Bertz CT molecular complexity index is 1180. The third-order valence-corrected chi connectivity index (χ3v) is 4.14. The van der Waals surface area contributed by atoms with Gasteiger partial charge in [-0.05, 0) is 19.1 Å². The molecule has 0 spiro atoms. The van der Waals surface area contributed by atoms with E-state index in [1.807, 2.05) is 0 Å². The van der Waals surface area contributed by atoms with Crippen molar-refractivity contribution in [1.82, 2.24) is 14.8 Å². The lowest BCUT2D eigenvalue weighted by atomic mass is 10.2. The number of non-ortho nitro benzene ring substituents is 1. The molecule has 32 heavy (non-hydrogen) atoms. The summed E-state index contributed by atoms with van der Waals surface area (Å²) in [5.74, 6) is -0.475. The molecule has 1 amide bonds. The Hall–Kier alpha value is -4.49. The quantitative estimate of drug-likeness (QED) is 0.403. The number of ether oxygens (including phenoxy) is 1. The number of carbonyl (C=O) groups excluding carboxylic acids is 1. The maximum Gasteiger partial charge on any atom is 0.319 e. The number of hydrogen-bond acceptors (Lipinski definition) is 8. The highest BCUT2D eigenvalue weighted by atomic mass is 19.3. The molecule has 3 rings (SSSR count). The molecule has 1 aromatic carbocycles. The first-order valence-electron chi connectivity index (χ1n) is 8.82. The summed E-state index contributed by atoms with van der Waals surface area (Å²) in [6.45, 7) is 0.540. The van der Waals surface area contributed by atoms with E-state index >= 15 is 0 Å². The molecule has 2 heterocycles. The van der Waals surface area contributed by atoms with Crippen LogP contribution in [0.3, 0.4) is 0 Å². The van der Waals surface area contributed by atoms with Crippen molar-refractivity contribution in [1.29, 1.82) is 0 Å². The summed E-state index contributed by atoms with van der Waals surface area (Å²) >= 11 is 0. The highest BCUT2D eigenvalue weighted by Gasteiger charge is 2.31. The Morgan fingerprint density at radius 1 is 1.22 bits per heavy atom. The van der Waals surface area contributed by atoms with Gasteiger partial charge in [0.15, 0.2) is 0 Å². The van der Waals surface area contributed by atoms with Crippen LogP contribution in [0.25, 0.3) is 0 Å². The predicted octanol–water partition coefficient (Wildman–Crippen LogP) is 3.77. The average molecular weight is 448 g/mol. The van der Waals surface area contributed by atoms with Gasteiger partial charge in [0.2, 0.25) is 11.6 Å². The number of aromatic nitrogens is 3. The van der Waals surface area contributed by atoms with Gasteiger partial charge in [0, 0.05) is 18.3 Å². The van der Waals surface area contributed by atoms with Crippen molar-refractivity contribution in [2.75, 3.05) is 5.32 Å². The summed E-state index contributed by atoms with van der Waals surface area (Å²) in [5, 5.41) is 28.1. The number of amides is 1. The summed E-state index contributed by atoms with van der Waals surface area (Å²) in [7, 11) is 0. The minimum Gasteiger partial charge on any atom is -0.455 e. The van der Waals surface area contributed by atoms with E-state index in [0.717, 1.165) is 16.8 Å². The Morgan fingerprint density at radius 3 is 2.53 bits per heavy atom. The molecule has 12 nitrogen and oxygen atoms in total. The molecular formula is C18H14F2N6O6. The van der Waals surface area contributed by atoms with Crippen LogP contribution in [0.4, 0.5) is 25.8 Å². The van der Waals surface area contributed by atoms with Crippen LogP contribution in [-0.4, -0.2) is 30.5 Å². The Morgan fingerprint density at radius 2 is 1.97 bits per heavy atom. The van der Waals surface area contributed by atoms with Crippen molar-refractivity contribution in [2.24, 2.45) is 0 Å². The standard InChI is InChI=1S/C18H14F2N6O6/c1-10-17(26(30)31)16(18(19)20)23-24(10)9-15(27)22-11-5-12(25(28)29)7-14(6-11)32-13-3-2-4-21-8-13/h2-8,18H,9H2,1H3,(H,22,27). The Kier molecular flexibility index (Phi) is 6.32. The molecular weight excluding hydrogens is 434 g/mol. The van der Waals surface area contributed by atoms with E-state index in [-0.39, 0.29) is 22.8 Å². The van der Waals surface area contributed by atoms with Gasteiger partial charge in [-0.1, -0.05) is 0 Å². The van der Waals surface area contributed by atoms with Crippen molar-refractivity contribution in [3.8, 4) is 11.5 Å². The van der Waals surface area contributed by atoms with Crippen molar-refractivity contribution in [3.05, 3.63) is 74.3 Å². The van der Waals surface area contributed by atoms with Gasteiger partial charge >= 0.3 is 5.69 Å². The van der Waals surface area contributed by atoms with Gasteiger partial charge < -0.3 is 10.1 Å². The lowest BCUT2D eigenvalue weighted by Gasteiger charge is -2.10. The summed E-state index contributed by atoms with van der Waals surface area (Å²) in [6, 6.07) is 6.67. The smallest absolute Gasteiger partial charge is 0.319 e. The fraction of sp³-hybridized carbons (Fsp3) is 0.167. The van der Waals surface area contributed by atoms with Gasteiger partial charge in [0.05, 0.1) is 27.8 Å². The fourth-order valence-corrected chi connectivity index (χ4v) is 2.79. The van der Waals surface area contributed by atoms with Crippen LogP contribution >= 0.6 is 0 Å². The second kappa shape index (κ2) is 9.11. The van der Waals surface area contributed by atoms with E-state index in [1.165, 1.54) is 25.4 Å². The first kappa shape index (κ1) is 22.2. The molecule has 0 atom stereocenters. The zero-order valence-electron chi connectivity index (χ0n) is 16.3. The fourth-order valence-electron chi connectivity index (χ4n) is 2.79. The molecule has 14 heteroatoms. The van der Waals surface area contributed by atoms with Crippen molar-refractivity contribution >= 4 is 23.0 Å². The van der Waals surface area contributed by atoms with Gasteiger partial charge in [0.1, 0.15) is 23.7 Å². The first-order chi connectivity index (χ1) is 15.2. The summed E-state index contributed by atoms with van der Waals surface area (Å²) in [4.78, 5) is 36.8. The molecule has 1 N–H and O–H groups in total.